The minimum Gasteiger partial charge on any atom is -0.388 e. The molecule has 4 N–H and O–H groups in total. The summed E-state index contributed by atoms with van der Waals surface area (Å²) >= 11 is 0. The summed E-state index contributed by atoms with van der Waals surface area (Å²) in [6.45, 7) is 6.95. The van der Waals surface area contributed by atoms with Gasteiger partial charge < -0.3 is 20.9 Å². The van der Waals surface area contributed by atoms with E-state index in [4.69, 9.17) is 0 Å². The second kappa shape index (κ2) is 14.4. The van der Waals surface area contributed by atoms with Crippen LogP contribution in [0.5, 0.6) is 0 Å². The molecule has 2 aliphatic rings. The lowest BCUT2D eigenvalue weighted by molar-refractivity contribution is -0.130. The van der Waals surface area contributed by atoms with E-state index in [9.17, 15) is 14.9 Å². The van der Waals surface area contributed by atoms with Gasteiger partial charge in [0.1, 0.15) is 6.04 Å². The maximum atomic E-state index is 13.5. The molecule has 252 valence electrons. The van der Waals surface area contributed by atoms with Gasteiger partial charge in [-0.1, -0.05) is 59.8 Å². The van der Waals surface area contributed by atoms with Gasteiger partial charge in [0.25, 0.3) is 5.91 Å². The molecule has 0 saturated carbocycles. The molecule has 6 rings (SSSR count). The lowest BCUT2D eigenvalue weighted by Crippen LogP contribution is -2.47. The Morgan fingerprint density at radius 2 is 1.73 bits per heavy atom. The van der Waals surface area contributed by atoms with Gasteiger partial charge in [0.2, 0.25) is 5.91 Å². The van der Waals surface area contributed by atoms with Gasteiger partial charge in [-0.15, -0.1) is 10.2 Å². The Labute approximate surface area is 287 Å². The molecule has 2 heterocycles. The molecule has 2 amide bonds. The highest BCUT2D eigenvalue weighted by Crippen LogP contribution is 2.47. The van der Waals surface area contributed by atoms with Crippen LogP contribution < -0.4 is 16.0 Å². The number of H-pyrrole nitrogens is 1. The summed E-state index contributed by atoms with van der Waals surface area (Å²) in [7, 11) is 3.49. The minimum atomic E-state index is -0.900. The van der Waals surface area contributed by atoms with Crippen LogP contribution in [0, 0.1) is 18.3 Å². The standard InChI is InChI=1S/C38H43N9O2/c1-24-7-9-26(10-8-24)18-31(42-23-35(48)47-17-5-6-32(47)22-39)21-38(37-43-45-46-44-37)33-15-13-27(25(2)40-3)19-28(33)11-12-29-20-30(36(49)41-4)14-16-34(29)38/h7-10,13-16,19-20,31-32,40,42H,2,5-6,11-12,17-18,21,23H2,1,3-4H3,(H,41,49)(H,43,44,45,46)/t31-,32?,38?/m0/s1. The van der Waals surface area contributed by atoms with E-state index in [1.807, 2.05) is 25.2 Å². The van der Waals surface area contributed by atoms with Crippen molar-refractivity contribution in [2.24, 2.45) is 0 Å². The summed E-state index contributed by atoms with van der Waals surface area (Å²) in [5, 5.41) is 35.3. The molecular weight excluding hydrogens is 614 g/mol. The molecule has 1 aliphatic heterocycles. The Morgan fingerprint density at radius 3 is 2.37 bits per heavy atom. The van der Waals surface area contributed by atoms with Crippen LogP contribution in [0.3, 0.4) is 0 Å². The fourth-order valence-electron chi connectivity index (χ4n) is 7.49. The second-order valence-electron chi connectivity index (χ2n) is 13.0. The van der Waals surface area contributed by atoms with Crippen LogP contribution in [-0.4, -0.2) is 76.6 Å². The van der Waals surface area contributed by atoms with Crippen molar-refractivity contribution in [2.75, 3.05) is 27.2 Å². The largest absolute Gasteiger partial charge is 0.388 e. The number of nitriles is 1. The van der Waals surface area contributed by atoms with Crippen molar-refractivity contribution >= 4 is 17.5 Å². The first-order valence-corrected chi connectivity index (χ1v) is 16.8. The number of nitrogens with one attached hydrogen (secondary N) is 4. The summed E-state index contributed by atoms with van der Waals surface area (Å²) in [6, 6.07) is 22.4. The first kappa shape index (κ1) is 33.6. The van der Waals surface area contributed by atoms with E-state index in [1.54, 1.807) is 11.9 Å². The van der Waals surface area contributed by atoms with E-state index < -0.39 is 11.5 Å². The molecule has 0 bridgehead atoms. The van der Waals surface area contributed by atoms with Crippen LogP contribution in [-0.2, 0) is 29.5 Å². The Bertz CT molecular complexity index is 1810. The van der Waals surface area contributed by atoms with Gasteiger partial charge in [-0.2, -0.15) is 10.5 Å². The zero-order valence-corrected chi connectivity index (χ0v) is 28.3. The average Bonchev–Trinajstić information content (AvgIpc) is 3.83. The third kappa shape index (κ3) is 6.69. The van der Waals surface area contributed by atoms with Gasteiger partial charge in [-0.3, -0.25) is 9.59 Å². The fraction of sp³-hybridized carbons (Fsp3) is 0.368. The number of aryl methyl sites for hydroxylation is 3. The average molecular weight is 658 g/mol. The SMILES string of the molecule is C=C(NC)c1ccc2c(c1)CCc1cc(C(=O)NC)ccc1C2(C[C@H](Cc1ccc(C)cc1)NCC(=O)N1CCCC1C#N)c1nn[nH]n1. The zero-order chi connectivity index (χ0) is 34.5. The number of likely N-dealkylation sites (tertiary alicyclic amines) is 1. The number of carbonyl (C=O) groups is 2. The molecule has 1 aromatic heterocycles. The highest BCUT2D eigenvalue weighted by atomic mass is 16.2. The molecule has 1 saturated heterocycles. The third-order valence-corrected chi connectivity index (χ3v) is 10.1. The predicted molar refractivity (Wildman–Crippen MR) is 187 cm³/mol. The van der Waals surface area contributed by atoms with E-state index in [0.29, 0.717) is 43.6 Å². The number of aromatic nitrogens is 4. The van der Waals surface area contributed by atoms with Gasteiger partial charge >= 0.3 is 0 Å². The van der Waals surface area contributed by atoms with Gasteiger partial charge in [0, 0.05) is 37.9 Å². The van der Waals surface area contributed by atoms with Gasteiger partial charge in [-0.05, 0) is 97.0 Å². The molecule has 3 aromatic carbocycles. The van der Waals surface area contributed by atoms with Crippen molar-refractivity contribution in [1.82, 2.24) is 41.5 Å². The van der Waals surface area contributed by atoms with Gasteiger partial charge in [0.15, 0.2) is 5.82 Å². The predicted octanol–water partition coefficient (Wildman–Crippen LogP) is 3.60. The number of rotatable bonds is 11. The second-order valence-corrected chi connectivity index (χ2v) is 13.0. The normalized spacial score (nSPS) is 18.8. The van der Waals surface area contributed by atoms with Crippen LogP contribution in [0.15, 0.2) is 67.2 Å². The van der Waals surface area contributed by atoms with E-state index in [-0.39, 0.29) is 24.4 Å². The molecular formula is C38H43N9O2. The van der Waals surface area contributed by atoms with Crippen molar-refractivity contribution in [2.45, 2.75) is 62.9 Å². The number of benzene rings is 3. The van der Waals surface area contributed by atoms with E-state index >= 15 is 0 Å². The highest BCUT2D eigenvalue weighted by molar-refractivity contribution is 5.94. The number of nitrogens with zero attached hydrogens (tertiary/aromatic N) is 5. The smallest absolute Gasteiger partial charge is 0.251 e. The van der Waals surface area contributed by atoms with Crippen LogP contribution in [0.1, 0.15) is 74.4 Å². The molecule has 11 nitrogen and oxygen atoms in total. The number of aromatic amines is 1. The maximum Gasteiger partial charge on any atom is 0.251 e. The quantitative estimate of drug-likeness (QED) is 0.191. The van der Waals surface area contributed by atoms with Crippen molar-refractivity contribution in [1.29, 1.82) is 5.26 Å². The third-order valence-electron chi connectivity index (χ3n) is 10.1. The van der Waals surface area contributed by atoms with Gasteiger partial charge in [0.05, 0.1) is 18.0 Å². The topological polar surface area (TPSA) is 152 Å². The van der Waals surface area contributed by atoms with Gasteiger partial charge in [-0.25, -0.2) is 0 Å². The van der Waals surface area contributed by atoms with Crippen molar-refractivity contribution in [3.8, 4) is 6.07 Å². The first-order chi connectivity index (χ1) is 23.8. The fourth-order valence-corrected chi connectivity index (χ4v) is 7.49. The minimum absolute atomic E-state index is 0.0846. The van der Waals surface area contributed by atoms with Crippen LogP contribution in [0.25, 0.3) is 5.70 Å². The van der Waals surface area contributed by atoms with Crippen LogP contribution >= 0.6 is 0 Å². The molecule has 3 atom stereocenters. The molecule has 1 aliphatic carbocycles. The molecule has 4 aromatic rings. The summed E-state index contributed by atoms with van der Waals surface area (Å²) in [5.41, 5.74) is 7.95. The molecule has 2 unspecified atom stereocenters. The Hall–Kier alpha value is -5.34. The number of hydrogen-bond donors (Lipinski definition) is 4. The van der Waals surface area contributed by atoms with E-state index in [1.165, 1.54) is 5.56 Å². The summed E-state index contributed by atoms with van der Waals surface area (Å²) in [4.78, 5) is 28.1. The van der Waals surface area contributed by atoms with Crippen molar-refractivity contribution < 1.29 is 9.59 Å². The summed E-state index contributed by atoms with van der Waals surface area (Å²) < 4.78 is 0. The lowest BCUT2D eigenvalue weighted by atomic mass is 9.67. The monoisotopic (exact) mass is 657 g/mol. The summed E-state index contributed by atoms with van der Waals surface area (Å²) in [5.74, 6) is 0.270. The highest BCUT2D eigenvalue weighted by Gasteiger charge is 2.46. The number of hydrogen-bond acceptors (Lipinski definition) is 8. The first-order valence-electron chi connectivity index (χ1n) is 16.8. The number of fused-ring (bicyclic) bond motifs is 2. The lowest BCUT2D eigenvalue weighted by Gasteiger charge is -2.37. The molecule has 0 radical (unpaired) electrons. The number of tetrazole rings is 1. The summed E-state index contributed by atoms with van der Waals surface area (Å²) in [6.07, 6.45) is 4.06. The number of amides is 2. The van der Waals surface area contributed by atoms with Crippen molar-refractivity contribution in [3.63, 3.8) is 0 Å². The Kier molecular flexibility index (Phi) is 9.87. The van der Waals surface area contributed by atoms with Crippen LogP contribution in [0.2, 0.25) is 0 Å². The molecule has 0 spiro atoms. The Balaban J connectivity index is 1.50. The van der Waals surface area contributed by atoms with E-state index in [0.717, 1.165) is 51.9 Å². The molecule has 1 fully saturated rings. The number of carbonyl (C=O) groups excluding carboxylic acids is 2. The molecule has 49 heavy (non-hydrogen) atoms. The van der Waals surface area contributed by atoms with Crippen LogP contribution in [0.4, 0.5) is 0 Å². The molecule has 11 heteroatoms. The zero-order valence-electron chi connectivity index (χ0n) is 28.3. The van der Waals surface area contributed by atoms with E-state index in [2.05, 4.69) is 98.6 Å². The maximum absolute atomic E-state index is 13.5. The van der Waals surface area contributed by atoms with Crippen molar-refractivity contribution in [3.05, 3.63) is 118 Å². The Morgan fingerprint density at radius 1 is 1.04 bits per heavy atom.